The zero-order valence-electron chi connectivity index (χ0n) is 29.8. The van der Waals surface area contributed by atoms with Crippen molar-refractivity contribution in [1.29, 1.82) is 5.26 Å². The van der Waals surface area contributed by atoms with Crippen molar-refractivity contribution in [3.63, 3.8) is 0 Å². The van der Waals surface area contributed by atoms with Gasteiger partial charge in [-0.2, -0.15) is 5.26 Å². The predicted octanol–water partition coefficient (Wildman–Crippen LogP) is 4.48. The number of hydrogen-bond acceptors (Lipinski definition) is 10. The summed E-state index contributed by atoms with van der Waals surface area (Å²) in [6.45, 7) is 6.17. The maximum atomic E-state index is 13.3. The maximum absolute atomic E-state index is 13.3. The summed E-state index contributed by atoms with van der Waals surface area (Å²) in [6.07, 6.45) is 8.99. The molecule has 2 N–H and O–H groups in total. The molecule has 0 bridgehead atoms. The van der Waals surface area contributed by atoms with E-state index in [1.54, 1.807) is 18.3 Å². The summed E-state index contributed by atoms with van der Waals surface area (Å²) >= 11 is 0. The van der Waals surface area contributed by atoms with E-state index in [1.165, 1.54) is 0 Å². The highest BCUT2D eigenvalue weighted by Gasteiger charge is 2.44. The van der Waals surface area contributed by atoms with Crippen molar-refractivity contribution in [3.8, 4) is 17.2 Å². The number of rotatable bonds is 7. The number of hydrogen-bond donors (Lipinski definition) is 2. The molecular weight excluding hydrogens is 683 g/mol. The van der Waals surface area contributed by atoms with Gasteiger partial charge in [-0.15, -0.1) is 0 Å². The van der Waals surface area contributed by atoms with Crippen molar-refractivity contribution in [2.24, 2.45) is 5.92 Å². The zero-order valence-corrected chi connectivity index (χ0v) is 29.8. The quantitative estimate of drug-likeness (QED) is 0.230. The van der Waals surface area contributed by atoms with Gasteiger partial charge in [0.15, 0.2) is 0 Å². The second-order valence-electron chi connectivity index (χ2n) is 14.7. The summed E-state index contributed by atoms with van der Waals surface area (Å²) in [5.74, 6) is -0.594. The maximum Gasteiger partial charge on any atom is 0.262 e. The number of pyridine rings is 2. The number of carbonyl (C=O) groups excluding carboxylic acids is 4. The van der Waals surface area contributed by atoms with Crippen LogP contribution in [-0.2, 0) is 9.59 Å². The van der Waals surface area contributed by atoms with E-state index in [-0.39, 0.29) is 18.7 Å². The summed E-state index contributed by atoms with van der Waals surface area (Å²) < 4.78 is 0. The molecule has 0 radical (unpaired) electrons. The van der Waals surface area contributed by atoms with Gasteiger partial charge in [0.2, 0.25) is 11.8 Å². The molecule has 4 amide bonds. The molecule has 3 saturated heterocycles. The SMILES string of the molecule is N#Cc1cc(-c2ccc3c(c2)[nH]c2ccncc23)cnc1N1CCC(CCN2CCN(c3ccc4c(c3)C(=O)N(C3CCC(=O)NC3=O)C4=O)CC2)CC1. The van der Waals surface area contributed by atoms with Gasteiger partial charge in [0.1, 0.15) is 17.9 Å². The van der Waals surface area contributed by atoms with Gasteiger partial charge in [0, 0.05) is 97.3 Å². The smallest absolute Gasteiger partial charge is 0.262 e. The molecule has 2 aromatic carbocycles. The van der Waals surface area contributed by atoms with Crippen LogP contribution in [0.2, 0.25) is 0 Å². The van der Waals surface area contributed by atoms with Crippen LogP contribution in [0.1, 0.15) is 58.4 Å². The van der Waals surface area contributed by atoms with E-state index in [9.17, 15) is 24.4 Å². The minimum Gasteiger partial charge on any atom is -0.369 e. The fourth-order valence-corrected chi connectivity index (χ4v) is 8.56. The van der Waals surface area contributed by atoms with Crippen LogP contribution in [0.25, 0.3) is 32.9 Å². The molecule has 54 heavy (non-hydrogen) atoms. The Bertz CT molecular complexity index is 2380. The third-order valence-corrected chi connectivity index (χ3v) is 11.6. The van der Waals surface area contributed by atoms with Crippen LogP contribution in [-0.4, -0.2) is 100 Å². The van der Waals surface area contributed by atoms with Crippen molar-refractivity contribution in [2.45, 2.75) is 38.1 Å². The predicted molar refractivity (Wildman–Crippen MR) is 203 cm³/mol. The number of H-pyrrole nitrogens is 1. The van der Waals surface area contributed by atoms with Crippen LogP contribution < -0.4 is 15.1 Å². The van der Waals surface area contributed by atoms with Gasteiger partial charge in [-0.25, -0.2) is 4.98 Å². The van der Waals surface area contributed by atoms with Crippen molar-refractivity contribution >= 4 is 56.9 Å². The molecule has 3 fully saturated rings. The number of nitrogens with one attached hydrogen (secondary N) is 2. The summed E-state index contributed by atoms with van der Waals surface area (Å²) in [5.41, 5.74) is 6.09. The lowest BCUT2D eigenvalue weighted by Gasteiger charge is -2.38. The van der Waals surface area contributed by atoms with Crippen LogP contribution in [0.3, 0.4) is 0 Å². The number of aromatic nitrogens is 3. The van der Waals surface area contributed by atoms with Crippen LogP contribution in [0.5, 0.6) is 0 Å². The molecule has 4 aliphatic heterocycles. The van der Waals surface area contributed by atoms with Crippen LogP contribution >= 0.6 is 0 Å². The summed E-state index contributed by atoms with van der Waals surface area (Å²) in [4.78, 5) is 71.0. The summed E-state index contributed by atoms with van der Waals surface area (Å²) in [6, 6.07) is 17.0. The Kier molecular flexibility index (Phi) is 8.54. The molecule has 1 unspecified atom stereocenters. The van der Waals surface area contributed by atoms with Gasteiger partial charge in [0.25, 0.3) is 11.8 Å². The van der Waals surface area contributed by atoms with E-state index in [0.717, 1.165) is 114 Å². The average Bonchev–Trinajstić information content (AvgIpc) is 3.70. The number of benzene rings is 2. The Morgan fingerprint density at radius 2 is 1.59 bits per heavy atom. The lowest BCUT2D eigenvalue weighted by molar-refractivity contribution is -0.136. The summed E-state index contributed by atoms with van der Waals surface area (Å²) in [7, 11) is 0. The Hall–Kier alpha value is -6.13. The molecule has 0 aliphatic carbocycles. The Balaban J connectivity index is 0.768. The van der Waals surface area contributed by atoms with E-state index < -0.39 is 23.8 Å². The fraction of sp³-hybridized carbons (Fsp3) is 0.341. The standard InChI is InChI=1S/C41H39N9O4/c42-22-27-19-28(26-1-3-30-33-24-43-11-7-34(33)45-35(30)20-26)23-44-38(27)49-13-9-25(10-14-49)8-12-47-15-17-48(18-16-47)29-2-4-31-32(21-29)41(54)50(40(31)53)36-5-6-37(51)46-39(36)52/h1-4,7,11,19-21,23-25,36,45H,5-6,8-10,12-18H2,(H,46,51,52). The molecule has 13 heteroatoms. The van der Waals surface area contributed by atoms with Gasteiger partial charge in [-0.3, -0.25) is 39.3 Å². The highest BCUT2D eigenvalue weighted by molar-refractivity contribution is 6.23. The van der Waals surface area contributed by atoms with E-state index in [1.807, 2.05) is 30.6 Å². The Labute approximate surface area is 311 Å². The first kappa shape index (κ1) is 33.7. The molecular formula is C41H39N9O4. The van der Waals surface area contributed by atoms with E-state index >= 15 is 0 Å². The lowest BCUT2D eigenvalue weighted by Crippen LogP contribution is -2.54. The second-order valence-corrected chi connectivity index (χ2v) is 14.7. The molecule has 0 spiro atoms. The normalized spacial score (nSPS) is 19.8. The van der Waals surface area contributed by atoms with E-state index in [0.29, 0.717) is 22.6 Å². The van der Waals surface area contributed by atoms with Crippen molar-refractivity contribution in [3.05, 3.63) is 83.8 Å². The molecule has 5 aromatic rings. The zero-order chi connectivity index (χ0) is 36.9. The number of aromatic amines is 1. The highest BCUT2D eigenvalue weighted by Crippen LogP contribution is 2.34. The van der Waals surface area contributed by atoms with E-state index in [4.69, 9.17) is 4.98 Å². The molecule has 3 aromatic heterocycles. The van der Waals surface area contributed by atoms with Crippen molar-refractivity contribution < 1.29 is 19.2 Å². The second kappa shape index (κ2) is 13.7. The number of piperidine rings is 2. The Morgan fingerprint density at radius 3 is 2.39 bits per heavy atom. The Morgan fingerprint density at radius 1 is 0.778 bits per heavy atom. The lowest BCUT2D eigenvalue weighted by atomic mass is 9.93. The highest BCUT2D eigenvalue weighted by atomic mass is 16.2. The monoisotopic (exact) mass is 721 g/mol. The van der Waals surface area contributed by atoms with Gasteiger partial charge in [-0.1, -0.05) is 12.1 Å². The molecule has 0 saturated carbocycles. The first-order valence-electron chi connectivity index (χ1n) is 18.7. The first-order chi connectivity index (χ1) is 26.3. The topological polar surface area (TPSA) is 159 Å². The third-order valence-electron chi connectivity index (χ3n) is 11.6. The van der Waals surface area contributed by atoms with Crippen LogP contribution in [0.4, 0.5) is 11.5 Å². The minimum atomic E-state index is -0.968. The number of amides is 4. The number of fused-ring (bicyclic) bond motifs is 4. The third kappa shape index (κ3) is 6.02. The fourth-order valence-electron chi connectivity index (χ4n) is 8.56. The van der Waals surface area contributed by atoms with Crippen LogP contribution in [0, 0.1) is 17.2 Å². The largest absolute Gasteiger partial charge is 0.369 e. The molecule has 7 heterocycles. The van der Waals surface area contributed by atoms with E-state index in [2.05, 4.69) is 54.3 Å². The minimum absolute atomic E-state index is 0.0958. The molecule has 9 rings (SSSR count). The van der Waals surface area contributed by atoms with Crippen molar-refractivity contribution in [2.75, 3.05) is 55.6 Å². The molecule has 13 nitrogen and oxygen atoms in total. The number of anilines is 2. The number of carbonyl (C=O) groups is 4. The number of nitrogens with zero attached hydrogens (tertiary/aromatic N) is 7. The van der Waals surface area contributed by atoms with Crippen molar-refractivity contribution in [1.82, 2.24) is 30.1 Å². The van der Waals surface area contributed by atoms with Gasteiger partial charge < -0.3 is 14.8 Å². The van der Waals surface area contributed by atoms with Gasteiger partial charge in [-0.05, 0) is 80.1 Å². The molecule has 1 atom stereocenters. The number of piperazine rings is 1. The van der Waals surface area contributed by atoms with Crippen LogP contribution in [0.15, 0.2) is 67.1 Å². The number of nitriles is 1. The van der Waals surface area contributed by atoms with Gasteiger partial charge >= 0.3 is 0 Å². The molecule has 272 valence electrons. The van der Waals surface area contributed by atoms with Gasteiger partial charge in [0.05, 0.1) is 16.7 Å². The molecule has 4 aliphatic rings. The number of imide groups is 2. The summed E-state index contributed by atoms with van der Waals surface area (Å²) in [5, 5.41) is 14.6. The first-order valence-corrected chi connectivity index (χ1v) is 18.7. The average molecular weight is 722 g/mol.